The first kappa shape index (κ1) is 20.7. The van der Waals surface area contributed by atoms with E-state index in [4.69, 9.17) is 18.5 Å². The molecule has 1 atom stereocenters. The van der Waals surface area contributed by atoms with Crippen LogP contribution in [0.25, 0.3) is 0 Å². The highest BCUT2D eigenvalue weighted by atomic mass is 31.2. The van der Waals surface area contributed by atoms with E-state index in [-0.39, 0.29) is 24.6 Å². The van der Waals surface area contributed by atoms with Crippen LogP contribution in [-0.2, 0) is 27.9 Å². The molecule has 0 saturated heterocycles. The normalized spacial score (nSPS) is 17.8. The van der Waals surface area contributed by atoms with E-state index in [2.05, 4.69) is 0 Å². The average Bonchev–Trinajstić information content (AvgIpc) is 2.65. The van der Waals surface area contributed by atoms with E-state index in [9.17, 15) is 9.36 Å². The molecule has 1 aliphatic rings. The van der Waals surface area contributed by atoms with Crippen molar-refractivity contribution in [1.82, 2.24) is 0 Å². The first-order valence-electron chi connectivity index (χ1n) is 8.45. The van der Waals surface area contributed by atoms with Crippen LogP contribution in [0.15, 0.2) is 54.1 Å². The van der Waals surface area contributed by atoms with E-state index in [0.717, 1.165) is 0 Å². The van der Waals surface area contributed by atoms with E-state index < -0.39 is 19.0 Å². The second-order valence-corrected chi connectivity index (χ2v) is 7.73. The molecule has 142 valence electrons. The fourth-order valence-electron chi connectivity index (χ4n) is 2.89. The molecule has 0 amide bonds. The molecule has 0 saturated carbocycles. The van der Waals surface area contributed by atoms with Crippen molar-refractivity contribution in [2.24, 2.45) is 0 Å². The van der Waals surface area contributed by atoms with Crippen LogP contribution in [0, 0.1) is 0 Å². The third-order valence-corrected chi connectivity index (χ3v) is 6.54. The summed E-state index contributed by atoms with van der Waals surface area (Å²) in [5.74, 6) is -1.50. The molecule has 2 rings (SSSR count). The highest BCUT2D eigenvalue weighted by molar-refractivity contribution is 7.54. The predicted octanol–water partition coefficient (Wildman–Crippen LogP) is 4.05. The zero-order valence-electron chi connectivity index (χ0n) is 15.5. The maximum absolute atomic E-state index is 13.6. The van der Waals surface area contributed by atoms with Crippen LogP contribution in [0.2, 0.25) is 0 Å². The summed E-state index contributed by atoms with van der Waals surface area (Å²) in [4.78, 5) is 12.7. The number of methoxy groups -OCH3 is 2. The van der Waals surface area contributed by atoms with Gasteiger partial charge in [0.2, 0.25) is 5.79 Å². The van der Waals surface area contributed by atoms with Gasteiger partial charge in [-0.3, -0.25) is 9.36 Å². The summed E-state index contributed by atoms with van der Waals surface area (Å²) in [5, 5.41) is 0. The van der Waals surface area contributed by atoms with Gasteiger partial charge in [0.1, 0.15) is 5.66 Å². The molecule has 0 aliphatic heterocycles. The molecule has 0 radical (unpaired) electrons. The zero-order valence-corrected chi connectivity index (χ0v) is 16.4. The Morgan fingerprint density at radius 2 is 1.62 bits per heavy atom. The minimum atomic E-state index is -3.67. The van der Waals surface area contributed by atoms with Crippen LogP contribution in [0.1, 0.15) is 25.1 Å². The highest BCUT2D eigenvalue weighted by Gasteiger charge is 2.44. The van der Waals surface area contributed by atoms with Gasteiger partial charge in [-0.15, -0.1) is 0 Å². The first-order chi connectivity index (χ1) is 12.4. The summed E-state index contributed by atoms with van der Waals surface area (Å²) in [5.41, 5.74) is 0.0343. The summed E-state index contributed by atoms with van der Waals surface area (Å²) in [7, 11) is -0.724. The number of hydrogen-bond donors (Lipinski definition) is 0. The number of allylic oxidation sites excluding steroid dienone is 2. The predicted molar refractivity (Wildman–Crippen MR) is 99.0 cm³/mol. The van der Waals surface area contributed by atoms with Gasteiger partial charge in [0.15, 0.2) is 5.78 Å². The number of ether oxygens (including phenoxy) is 2. The molecule has 6 nitrogen and oxygen atoms in total. The summed E-state index contributed by atoms with van der Waals surface area (Å²) >= 11 is 0. The van der Waals surface area contributed by atoms with Crippen LogP contribution < -0.4 is 0 Å². The van der Waals surface area contributed by atoms with E-state index in [1.165, 1.54) is 32.4 Å². The number of ketones is 1. The van der Waals surface area contributed by atoms with Crippen molar-refractivity contribution < 1.29 is 27.9 Å². The molecule has 1 aromatic rings. The van der Waals surface area contributed by atoms with Gasteiger partial charge < -0.3 is 18.5 Å². The lowest BCUT2D eigenvalue weighted by Crippen LogP contribution is -2.33. The van der Waals surface area contributed by atoms with Crippen LogP contribution in [-0.4, -0.2) is 39.0 Å². The van der Waals surface area contributed by atoms with Crippen LogP contribution in [0.3, 0.4) is 0 Å². The van der Waals surface area contributed by atoms with Crippen molar-refractivity contribution in [1.29, 1.82) is 0 Å². The number of carbonyl (C=O) groups is 1. The van der Waals surface area contributed by atoms with Crippen molar-refractivity contribution in [3.63, 3.8) is 0 Å². The molecule has 0 aromatic heterocycles. The summed E-state index contributed by atoms with van der Waals surface area (Å²) in [6.07, 6.45) is 4.42. The second-order valence-electron chi connectivity index (χ2n) is 5.62. The summed E-state index contributed by atoms with van der Waals surface area (Å²) in [6, 6.07) is 9.06. The van der Waals surface area contributed by atoms with Crippen LogP contribution >= 0.6 is 7.60 Å². The fourth-order valence-corrected chi connectivity index (χ4v) is 5.06. The molecule has 1 aliphatic carbocycles. The number of rotatable bonds is 9. The van der Waals surface area contributed by atoms with Gasteiger partial charge in [0.05, 0.1) is 13.2 Å². The van der Waals surface area contributed by atoms with Gasteiger partial charge in [0, 0.05) is 19.8 Å². The molecule has 0 spiro atoms. The van der Waals surface area contributed by atoms with Gasteiger partial charge >= 0.3 is 7.60 Å². The fraction of sp³-hybridized carbons (Fsp3) is 0.421. The first-order valence-corrected chi connectivity index (χ1v) is 10.1. The van der Waals surface area contributed by atoms with Gasteiger partial charge in [-0.05, 0) is 37.6 Å². The molecule has 0 N–H and O–H groups in total. The maximum Gasteiger partial charge on any atom is 0.342 e. The van der Waals surface area contributed by atoms with Gasteiger partial charge in [-0.25, -0.2) is 0 Å². The minimum absolute atomic E-state index is 0.192. The molecule has 7 heteroatoms. The molecule has 0 fully saturated rings. The standard InChI is InChI=1S/C19H25O6P/c1-5-24-26(21,25-6-2)18(15-10-8-7-9-11-15)16-14-19(22-3,23-4)13-12-17(16)20/h7-14,18H,5-6H2,1-4H3. The zero-order chi connectivity index (χ0) is 19.2. The Labute approximate surface area is 154 Å². The Morgan fingerprint density at radius 1 is 1.04 bits per heavy atom. The molecule has 0 bridgehead atoms. The largest absolute Gasteiger partial charge is 0.346 e. The maximum atomic E-state index is 13.6. The Balaban J connectivity index is 2.66. The Bertz CT molecular complexity index is 711. The smallest absolute Gasteiger partial charge is 0.342 e. The quantitative estimate of drug-likeness (QED) is 0.475. The lowest BCUT2D eigenvalue weighted by atomic mass is 9.94. The van der Waals surface area contributed by atoms with Gasteiger partial charge in [-0.2, -0.15) is 0 Å². The average molecular weight is 380 g/mol. The molecular weight excluding hydrogens is 355 g/mol. The third-order valence-electron chi connectivity index (χ3n) is 4.09. The minimum Gasteiger partial charge on any atom is -0.346 e. The van der Waals surface area contributed by atoms with Crippen LogP contribution in [0.4, 0.5) is 0 Å². The Morgan fingerprint density at radius 3 is 2.12 bits per heavy atom. The molecule has 0 heterocycles. The van der Waals surface area contributed by atoms with Crippen LogP contribution in [0.5, 0.6) is 0 Å². The number of carbonyl (C=O) groups excluding carboxylic acids is 1. The molecule has 1 unspecified atom stereocenters. The second kappa shape index (κ2) is 8.89. The monoisotopic (exact) mass is 380 g/mol. The molecular formula is C19H25O6P. The van der Waals surface area contributed by atoms with Gasteiger partial charge in [-0.1, -0.05) is 30.3 Å². The van der Waals surface area contributed by atoms with Crippen molar-refractivity contribution in [3.05, 3.63) is 59.7 Å². The van der Waals surface area contributed by atoms with E-state index in [1.807, 2.05) is 18.2 Å². The van der Waals surface area contributed by atoms with Crippen molar-refractivity contribution in [2.75, 3.05) is 27.4 Å². The number of hydrogen-bond acceptors (Lipinski definition) is 6. The SMILES string of the molecule is CCOP(=O)(OCC)C(C1=CC(OC)(OC)C=CC1=O)c1ccccc1. The van der Waals surface area contributed by atoms with E-state index in [1.54, 1.807) is 26.0 Å². The van der Waals surface area contributed by atoms with Gasteiger partial charge in [0.25, 0.3) is 0 Å². The highest BCUT2D eigenvalue weighted by Crippen LogP contribution is 2.64. The van der Waals surface area contributed by atoms with Crippen molar-refractivity contribution >= 4 is 13.4 Å². The summed E-state index contributed by atoms with van der Waals surface area (Å²) in [6.45, 7) is 3.86. The van der Waals surface area contributed by atoms with Crippen molar-refractivity contribution in [3.8, 4) is 0 Å². The third kappa shape index (κ3) is 4.22. The molecule has 1 aromatic carbocycles. The van der Waals surface area contributed by atoms with E-state index >= 15 is 0 Å². The lowest BCUT2D eigenvalue weighted by Gasteiger charge is -2.32. The number of benzene rings is 1. The summed E-state index contributed by atoms with van der Waals surface area (Å²) < 4.78 is 35.6. The lowest BCUT2D eigenvalue weighted by molar-refractivity contribution is -0.137. The Kier molecular flexibility index (Phi) is 7.09. The molecule has 26 heavy (non-hydrogen) atoms. The Hall–Kier alpha value is -1.56. The van der Waals surface area contributed by atoms with Crippen molar-refractivity contribution in [2.45, 2.75) is 25.3 Å². The topological polar surface area (TPSA) is 71.1 Å². The van der Waals surface area contributed by atoms with E-state index in [0.29, 0.717) is 5.56 Å².